The molecule has 0 fully saturated rings. The minimum absolute atomic E-state index is 0.596. The lowest BCUT2D eigenvalue weighted by atomic mass is 10.2. The van der Waals surface area contributed by atoms with Crippen molar-refractivity contribution in [3.05, 3.63) is 33.9 Å². The second kappa shape index (κ2) is 5.69. The highest BCUT2D eigenvalue weighted by Gasteiger charge is 2.11. The van der Waals surface area contributed by atoms with Crippen LogP contribution in [-0.4, -0.2) is 11.6 Å². The molecule has 0 aliphatic carbocycles. The van der Waals surface area contributed by atoms with Crippen molar-refractivity contribution in [1.29, 1.82) is 0 Å². The van der Waals surface area contributed by atoms with Gasteiger partial charge in [-0.1, -0.05) is 46.9 Å². The molecule has 2 aromatic rings. The first-order chi connectivity index (χ1) is 8.24. The molecule has 0 radical (unpaired) electrons. The smallest absolute Gasteiger partial charge is 0.164 e. The predicted molar refractivity (Wildman–Crippen MR) is 74.9 cm³/mol. The first kappa shape index (κ1) is 12.7. The molecule has 1 aromatic carbocycles. The molecule has 0 amide bonds. The summed E-state index contributed by atoms with van der Waals surface area (Å²) in [6.45, 7) is 2.80. The normalized spacial score (nSPS) is 10.8. The molecule has 0 aliphatic rings. The minimum Gasteiger partial charge on any atom is -0.490 e. The summed E-state index contributed by atoms with van der Waals surface area (Å²) in [6.07, 6.45) is 3.86. The molecule has 1 aromatic heterocycles. The molecular weight excluding hydrogens is 302 g/mol. The van der Waals surface area contributed by atoms with E-state index >= 15 is 0 Å². The van der Waals surface area contributed by atoms with Gasteiger partial charge in [0.05, 0.1) is 11.6 Å². The van der Waals surface area contributed by atoms with E-state index in [1.165, 1.54) is 0 Å². The van der Waals surface area contributed by atoms with E-state index in [1.54, 1.807) is 6.20 Å². The summed E-state index contributed by atoms with van der Waals surface area (Å²) in [5.74, 6) is 0.680. The Kier molecular flexibility index (Phi) is 4.24. The van der Waals surface area contributed by atoms with Crippen LogP contribution in [0.5, 0.6) is 5.75 Å². The molecule has 0 spiro atoms. The average molecular weight is 315 g/mol. The van der Waals surface area contributed by atoms with Crippen LogP contribution in [0.3, 0.4) is 0 Å². The standard InChI is InChI=1S/C13H13BrClNO/c1-2-3-7-17-13-11(15)8-10(14)9-5-4-6-16-12(9)13/h4-6,8H,2-3,7H2,1H3. The van der Waals surface area contributed by atoms with E-state index in [0.29, 0.717) is 17.4 Å². The number of fused-ring (bicyclic) bond motifs is 1. The highest BCUT2D eigenvalue weighted by Crippen LogP contribution is 2.37. The van der Waals surface area contributed by atoms with Gasteiger partial charge in [-0.3, -0.25) is 4.98 Å². The first-order valence-electron chi connectivity index (χ1n) is 5.59. The predicted octanol–water partition coefficient (Wildman–Crippen LogP) is 4.83. The maximum Gasteiger partial charge on any atom is 0.164 e. The molecule has 4 heteroatoms. The fourth-order valence-corrected chi connectivity index (χ4v) is 2.54. The van der Waals surface area contributed by atoms with Crippen LogP contribution in [0.1, 0.15) is 19.8 Å². The summed E-state index contributed by atoms with van der Waals surface area (Å²) in [4.78, 5) is 4.34. The second-order valence-electron chi connectivity index (χ2n) is 3.77. The van der Waals surface area contributed by atoms with E-state index < -0.39 is 0 Å². The van der Waals surface area contributed by atoms with Gasteiger partial charge in [-0.15, -0.1) is 0 Å². The minimum atomic E-state index is 0.596. The number of rotatable bonds is 4. The molecule has 0 N–H and O–H groups in total. The Labute approximate surface area is 114 Å². The number of unbranched alkanes of at least 4 members (excludes halogenated alkanes) is 1. The van der Waals surface area contributed by atoms with Gasteiger partial charge >= 0.3 is 0 Å². The highest BCUT2D eigenvalue weighted by molar-refractivity contribution is 9.10. The third-order valence-electron chi connectivity index (χ3n) is 2.49. The molecule has 2 nitrogen and oxygen atoms in total. The van der Waals surface area contributed by atoms with Crippen LogP contribution in [-0.2, 0) is 0 Å². The second-order valence-corrected chi connectivity index (χ2v) is 5.03. The number of pyridine rings is 1. The molecule has 0 unspecified atom stereocenters. The van der Waals surface area contributed by atoms with E-state index in [9.17, 15) is 0 Å². The highest BCUT2D eigenvalue weighted by atomic mass is 79.9. The first-order valence-corrected chi connectivity index (χ1v) is 6.76. The topological polar surface area (TPSA) is 22.1 Å². The Morgan fingerprint density at radius 3 is 3.06 bits per heavy atom. The molecule has 90 valence electrons. The number of nitrogens with zero attached hydrogens (tertiary/aromatic N) is 1. The number of hydrogen-bond acceptors (Lipinski definition) is 2. The van der Waals surface area contributed by atoms with E-state index in [0.717, 1.165) is 28.2 Å². The Bertz CT molecular complexity index is 530. The fourth-order valence-electron chi connectivity index (χ4n) is 1.60. The van der Waals surface area contributed by atoms with Gasteiger partial charge in [0.2, 0.25) is 0 Å². The van der Waals surface area contributed by atoms with Crippen molar-refractivity contribution in [2.75, 3.05) is 6.61 Å². The molecule has 0 aliphatic heterocycles. The molecule has 2 rings (SSSR count). The van der Waals surface area contributed by atoms with Gasteiger partial charge in [0.15, 0.2) is 5.75 Å². The third kappa shape index (κ3) is 2.72. The van der Waals surface area contributed by atoms with Gasteiger partial charge in [0, 0.05) is 16.1 Å². The zero-order valence-electron chi connectivity index (χ0n) is 9.54. The van der Waals surface area contributed by atoms with Crippen LogP contribution in [0.15, 0.2) is 28.9 Å². The van der Waals surface area contributed by atoms with Gasteiger partial charge in [0.25, 0.3) is 0 Å². The van der Waals surface area contributed by atoms with Crippen LogP contribution in [0.4, 0.5) is 0 Å². The van der Waals surface area contributed by atoms with Crippen LogP contribution in [0.2, 0.25) is 5.02 Å². The Balaban J connectivity index is 2.46. The van der Waals surface area contributed by atoms with E-state index in [-0.39, 0.29) is 0 Å². The SMILES string of the molecule is CCCCOc1c(Cl)cc(Br)c2cccnc12. The summed E-state index contributed by atoms with van der Waals surface area (Å²) >= 11 is 9.68. The van der Waals surface area contributed by atoms with Crippen molar-refractivity contribution in [2.24, 2.45) is 0 Å². The quantitative estimate of drug-likeness (QED) is 0.754. The van der Waals surface area contributed by atoms with E-state index in [1.807, 2.05) is 18.2 Å². The number of aromatic nitrogens is 1. The molecular formula is C13H13BrClNO. The lowest BCUT2D eigenvalue weighted by Crippen LogP contribution is -1.98. The zero-order chi connectivity index (χ0) is 12.3. The number of hydrogen-bond donors (Lipinski definition) is 0. The van der Waals surface area contributed by atoms with Crippen LogP contribution in [0, 0.1) is 0 Å². The van der Waals surface area contributed by atoms with Crippen LogP contribution < -0.4 is 4.74 Å². The maximum absolute atomic E-state index is 6.19. The number of benzene rings is 1. The van der Waals surface area contributed by atoms with Gasteiger partial charge in [-0.05, 0) is 18.6 Å². The molecule has 0 saturated heterocycles. The Hall–Kier alpha value is -0.800. The summed E-state index contributed by atoms with van der Waals surface area (Å²) in [7, 11) is 0. The van der Waals surface area contributed by atoms with Gasteiger partial charge in [0.1, 0.15) is 5.52 Å². The average Bonchev–Trinajstić information content (AvgIpc) is 2.33. The zero-order valence-corrected chi connectivity index (χ0v) is 11.9. The Morgan fingerprint density at radius 2 is 2.29 bits per heavy atom. The largest absolute Gasteiger partial charge is 0.490 e. The van der Waals surface area contributed by atoms with E-state index in [4.69, 9.17) is 16.3 Å². The molecule has 0 atom stereocenters. The summed E-state index contributed by atoms with van der Waals surface area (Å²) < 4.78 is 6.67. The van der Waals surface area contributed by atoms with Gasteiger partial charge in [-0.25, -0.2) is 0 Å². The van der Waals surface area contributed by atoms with Crippen LogP contribution >= 0.6 is 27.5 Å². The summed E-state index contributed by atoms with van der Waals surface area (Å²) in [5, 5.41) is 1.61. The van der Waals surface area contributed by atoms with Gasteiger partial charge in [-0.2, -0.15) is 0 Å². The van der Waals surface area contributed by atoms with Crippen LogP contribution in [0.25, 0.3) is 10.9 Å². The van der Waals surface area contributed by atoms with Crippen molar-refractivity contribution >= 4 is 38.4 Å². The van der Waals surface area contributed by atoms with E-state index in [2.05, 4.69) is 27.8 Å². The molecule has 0 saturated carbocycles. The number of ether oxygens (including phenoxy) is 1. The molecule has 1 heterocycles. The summed E-state index contributed by atoms with van der Waals surface area (Å²) in [6, 6.07) is 5.75. The third-order valence-corrected chi connectivity index (χ3v) is 3.43. The van der Waals surface area contributed by atoms with Crippen molar-refractivity contribution in [3.63, 3.8) is 0 Å². The van der Waals surface area contributed by atoms with Crippen molar-refractivity contribution in [3.8, 4) is 5.75 Å². The van der Waals surface area contributed by atoms with Gasteiger partial charge < -0.3 is 4.74 Å². The lowest BCUT2D eigenvalue weighted by Gasteiger charge is -2.11. The monoisotopic (exact) mass is 313 g/mol. The molecule has 0 bridgehead atoms. The fraction of sp³-hybridized carbons (Fsp3) is 0.308. The maximum atomic E-state index is 6.19. The number of halogens is 2. The summed E-state index contributed by atoms with van der Waals surface area (Å²) in [5.41, 5.74) is 0.808. The van der Waals surface area contributed by atoms with Crippen molar-refractivity contribution in [1.82, 2.24) is 4.98 Å². The van der Waals surface area contributed by atoms with Crippen molar-refractivity contribution in [2.45, 2.75) is 19.8 Å². The lowest BCUT2D eigenvalue weighted by molar-refractivity contribution is 0.312. The Morgan fingerprint density at radius 1 is 1.47 bits per heavy atom. The van der Waals surface area contributed by atoms with Crippen molar-refractivity contribution < 1.29 is 4.74 Å². The molecule has 17 heavy (non-hydrogen) atoms.